The van der Waals surface area contributed by atoms with Gasteiger partial charge in [0.1, 0.15) is 22.6 Å². The molecule has 3 rings (SSSR count). The van der Waals surface area contributed by atoms with E-state index < -0.39 is 16.1 Å². The molecule has 1 saturated heterocycles. The number of sulfonamides is 1. The minimum atomic E-state index is -4.04. The summed E-state index contributed by atoms with van der Waals surface area (Å²) in [4.78, 5) is 17.7. The molecule has 0 aliphatic carbocycles. The highest BCUT2D eigenvalue weighted by atomic mass is 35.5. The first kappa shape index (κ1) is 17.6. The zero-order valence-electron chi connectivity index (χ0n) is 13.4. The maximum Gasteiger partial charge on any atom is 0.246 e. The van der Waals surface area contributed by atoms with Gasteiger partial charge in [-0.05, 0) is 18.9 Å². The average molecular weight is 385 g/mol. The van der Waals surface area contributed by atoms with Crippen molar-refractivity contribution in [3.63, 3.8) is 0 Å². The molecular formula is C14H17ClN6O3S. The fourth-order valence-electron chi connectivity index (χ4n) is 2.74. The van der Waals surface area contributed by atoms with Crippen LogP contribution in [0.2, 0.25) is 5.02 Å². The van der Waals surface area contributed by atoms with E-state index in [0.717, 1.165) is 0 Å². The summed E-state index contributed by atoms with van der Waals surface area (Å²) >= 11 is 5.81. The standard InChI is InChI=1S/C14H17ClN6O3S/c1-20-12(4-5-18-20)21-6-2-3-10(14(21)22)19-25(23,24)11-7-9(15)8-17-13(11)16/h4-5,7-8,10,19H,2-3,6H2,1H3,(H2,16,17)/t10-/m1/s1. The van der Waals surface area contributed by atoms with Gasteiger partial charge in [0, 0.05) is 25.9 Å². The van der Waals surface area contributed by atoms with E-state index in [0.29, 0.717) is 25.2 Å². The smallest absolute Gasteiger partial charge is 0.246 e. The lowest BCUT2D eigenvalue weighted by atomic mass is 10.1. The summed E-state index contributed by atoms with van der Waals surface area (Å²) in [5.41, 5.74) is 5.64. The molecule has 3 heterocycles. The van der Waals surface area contributed by atoms with Crippen LogP contribution in [0.3, 0.4) is 0 Å². The fraction of sp³-hybridized carbons (Fsp3) is 0.357. The number of carbonyl (C=O) groups excluding carboxylic acids is 1. The van der Waals surface area contributed by atoms with Gasteiger partial charge in [0.05, 0.1) is 11.2 Å². The lowest BCUT2D eigenvalue weighted by Gasteiger charge is -2.32. The molecule has 0 unspecified atom stereocenters. The second kappa shape index (κ2) is 6.62. The van der Waals surface area contributed by atoms with Crippen molar-refractivity contribution in [2.24, 2.45) is 7.05 Å². The van der Waals surface area contributed by atoms with Gasteiger partial charge in [0.15, 0.2) is 0 Å². The lowest BCUT2D eigenvalue weighted by molar-refractivity contribution is -0.121. The molecule has 2 aromatic rings. The predicted octanol–water partition coefficient (Wildman–Crippen LogP) is 0.525. The third-order valence-electron chi connectivity index (χ3n) is 3.95. The van der Waals surface area contributed by atoms with Crippen molar-refractivity contribution in [2.45, 2.75) is 23.8 Å². The number of carbonyl (C=O) groups is 1. The van der Waals surface area contributed by atoms with Crippen LogP contribution in [-0.4, -0.2) is 41.7 Å². The molecule has 11 heteroatoms. The molecule has 1 amide bonds. The Bertz CT molecular complexity index is 913. The zero-order chi connectivity index (χ0) is 18.2. The molecule has 1 fully saturated rings. The van der Waals surface area contributed by atoms with Crippen LogP contribution in [0.25, 0.3) is 0 Å². The number of nitrogens with two attached hydrogens (primary N) is 1. The predicted molar refractivity (Wildman–Crippen MR) is 92.6 cm³/mol. The fourth-order valence-corrected chi connectivity index (χ4v) is 4.29. The molecule has 1 aliphatic rings. The number of aryl methyl sites for hydroxylation is 1. The molecule has 25 heavy (non-hydrogen) atoms. The largest absolute Gasteiger partial charge is 0.383 e. The third kappa shape index (κ3) is 3.46. The molecule has 0 radical (unpaired) electrons. The van der Waals surface area contributed by atoms with Gasteiger partial charge in [0.2, 0.25) is 15.9 Å². The number of hydrogen-bond donors (Lipinski definition) is 2. The van der Waals surface area contributed by atoms with E-state index in [9.17, 15) is 13.2 Å². The molecule has 0 saturated carbocycles. The van der Waals surface area contributed by atoms with E-state index in [2.05, 4.69) is 14.8 Å². The summed E-state index contributed by atoms with van der Waals surface area (Å²) in [5.74, 6) is 0.0912. The Hall–Kier alpha value is -2.17. The number of piperidine rings is 1. The second-order valence-corrected chi connectivity index (χ2v) is 7.77. The van der Waals surface area contributed by atoms with Gasteiger partial charge in [-0.1, -0.05) is 11.6 Å². The zero-order valence-corrected chi connectivity index (χ0v) is 15.0. The Balaban J connectivity index is 1.85. The number of nitrogens with one attached hydrogen (secondary N) is 1. The molecule has 0 aromatic carbocycles. The highest BCUT2D eigenvalue weighted by molar-refractivity contribution is 7.89. The van der Waals surface area contributed by atoms with Crippen molar-refractivity contribution in [2.75, 3.05) is 17.2 Å². The van der Waals surface area contributed by atoms with Gasteiger partial charge in [-0.25, -0.2) is 13.4 Å². The number of nitrogens with zero attached hydrogens (tertiary/aromatic N) is 4. The molecule has 134 valence electrons. The first-order valence-electron chi connectivity index (χ1n) is 7.52. The molecule has 1 aliphatic heterocycles. The molecular weight excluding hydrogens is 368 g/mol. The van der Waals surface area contributed by atoms with Crippen LogP contribution in [0.1, 0.15) is 12.8 Å². The van der Waals surface area contributed by atoms with E-state index in [1.165, 1.54) is 17.2 Å². The van der Waals surface area contributed by atoms with E-state index in [4.69, 9.17) is 17.3 Å². The number of halogens is 1. The van der Waals surface area contributed by atoms with Crippen LogP contribution in [0.5, 0.6) is 0 Å². The van der Waals surface area contributed by atoms with Crippen molar-refractivity contribution in [1.82, 2.24) is 19.5 Å². The number of anilines is 2. The molecule has 0 spiro atoms. The molecule has 9 nitrogen and oxygen atoms in total. The van der Waals surface area contributed by atoms with Crippen molar-refractivity contribution >= 4 is 39.2 Å². The van der Waals surface area contributed by atoms with Gasteiger partial charge in [0.25, 0.3) is 0 Å². The lowest BCUT2D eigenvalue weighted by Crippen LogP contribution is -2.52. The van der Waals surface area contributed by atoms with E-state index in [1.54, 1.807) is 24.0 Å². The van der Waals surface area contributed by atoms with Crippen molar-refractivity contribution in [3.05, 3.63) is 29.5 Å². The molecule has 1 atom stereocenters. The summed E-state index contributed by atoms with van der Waals surface area (Å²) in [6, 6.07) is 2.01. The average Bonchev–Trinajstić information content (AvgIpc) is 2.97. The number of hydrogen-bond acceptors (Lipinski definition) is 6. The number of pyridine rings is 1. The summed E-state index contributed by atoms with van der Waals surface area (Å²) < 4.78 is 29.2. The van der Waals surface area contributed by atoms with Gasteiger partial charge in [-0.3, -0.25) is 14.4 Å². The highest BCUT2D eigenvalue weighted by Crippen LogP contribution is 2.24. The van der Waals surface area contributed by atoms with Crippen LogP contribution < -0.4 is 15.4 Å². The summed E-state index contributed by atoms with van der Waals surface area (Å²) in [6.45, 7) is 0.497. The van der Waals surface area contributed by atoms with Crippen LogP contribution in [-0.2, 0) is 21.9 Å². The first-order chi connectivity index (χ1) is 11.8. The first-order valence-corrected chi connectivity index (χ1v) is 9.38. The maximum atomic E-state index is 12.7. The molecule has 3 N–H and O–H groups in total. The Morgan fingerprint density at radius 1 is 1.44 bits per heavy atom. The van der Waals surface area contributed by atoms with Crippen LogP contribution in [0.15, 0.2) is 29.4 Å². The molecule has 0 bridgehead atoms. The normalized spacial score (nSPS) is 18.6. The summed E-state index contributed by atoms with van der Waals surface area (Å²) in [6.07, 6.45) is 3.87. The Labute approximate surface area is 149 Å². The Kier molecular flexibility index (Phi) is 4.67. The number of amides is 1. The molecule has 2 aromatic heterocycles. The third-order valence-corrected chi connectivity index (χ3v) is 5.65. The summed E-state index contributed by atoms with van der Waals surface area (Å²) in [5, 5.41) is 4.18. The number of nitrogen functional groups attached to an aromatic ring is 1. The van der Waals surface area contributed by atoms with Crippen molar-refractivity contribution < 1.29 is 13.2 Å². The van der Waals surface area contributed by atoms with Crippen LogP contribution in [0, 0.1) is 0 Å². The minimum absolute atomic E-state index is 0.140. The van der Waals surface area contributed by atoms with Gasteiger partial charge < -0.3 is 5.73 Å². The topological polar surface area (TPSA) is 123 Å². The quantitative estimate of drug-likeness (QED) is 0.792. The van der Waals surface area contributed by atoms with Crippen molar-refractivity contribution in [3.8, 4) is 0 Å². The van der Waals surface area contributed by atoms with E-state index in [1.807, 2.05) is 0 Å². The Morgan fingerprint density at radius 3 is 2.88 bits per heavy atom. The van der Waals surface area contributed by atoms with Gasteiger partial charge >= 0.3 is 0 Å². The second-order valence-electron chi connectivity index (χ2n) is 5.66. The van der Waals surface area contributed by atoms with E-state index in [-0.39, 0.29) is 21.6 Å². The Morgan fingerprint density at radius 2 is 2.20 bits per heavy atom. The van der Waals surface area contributed by atoms with Crippen LogP contribution >= 0.6 is 11.6 Å². The van der Waals surface area contributed by atoms with Gasteiger partial charge in [-0.2, -0.15) is 9.82 Å². The SMILES string of the molecule is Cn1nccc1N1CCC[C@@H](NS(=O)(=O)c2cc(Cl)cnc2N)C1=O. The van der Waals surface area contributed by atoms with Crippen molar-refractivity contribution in [1.29, 1.82) is 0 Å². The summed E-state index contributed by atoms with van der Waals surface area (Å²) in [7, 11) is -2.32. The van der Waals surface area contributed by atoms with Crippen LogP contribution in [0.4, 0.5) is 11.6 Å². The minimum Gasteiger partial charge on any atom is -0.383 e. The number of aromatic nitrogens is 3. The monoisotopic (exact) mass is 384 g/mol. The highest BCUT2D eigenvalue weighted by Gasteiger charge is 2.34. The number of rotatable bonds is 4. The van der Waals surface area contributed by atoms with E-state index >= 15 is 0 Å². The van der Waals surface area contributed by atoms with Gasteiger partial charge in [-0.15, -0.1) is 0 Å². The maximum absolute atomic E-state index is 12.7.